The summed E-state index contributed by atoms with van der Waals surface area (Å²) in [5.74, 6) is -0.836. The van der Waals surface area contributed by atoms with E-state index in [4.69, 9.17) is 4.74 Å². The molecule has 0 atom stereocenters. The lowest BCUT2D eigenvalue weighted by Crippen LogP contribution is -2.36. The van der Waals surface area contributed by atoms with E-state index < -0.39 is 11.8 Å². The van der Waals surface area contributed by atoms with E-state index in [9.17, 15) is 9.59 Å². The van der Waals surface area contributed by atoms with Crippen LogP contribution in [0.25, 0.3) is 0 Å². The number of carbonyl (C=O) groups is 2. The molecule has 0 bridgehead atoms. The lowest BCUT2D eigenvalue weighted by molar-refractivity contribution is -0.136. The van der Waals surface area contributed by atoms with Gasteiger partial charge in [-0.1, -0.05) is 0 Å². The van der Waals surface area contributed by atoms with Crippen molar-refractivity contribution in [2.75, 3.05) is 12.4 Å². The van der Waals surface area contributed by atoms with Crippen molar-refractivity contribution < 1.29 is 14.3 Å². The van der Waals surface area contributed by atoms with Crippen LogP contribution in [-0.2, 0) is 9.59 Å². The molecule has 0 saturated heterocycles. The van der Waals surface area contributed by atoms with E-state index in [0.717, 1.165) is 12.8 Å². The number of anilines is 1. The van der Waals surface area contributed by atoms with Crippen molar-refractivity contribution in [2.45, 2.75) is 18.9 Å². The predicted octanol–water partition coefficient (Wildman–Crippen LogP) is 0.307. The molecule has 6 nitrogen and oxygen atoms in total. The van der Waals surface area contributed by atoms with Gasteiger partial charge in [-0.05, 0) is 18.9 Å². The third kappa shape index (κ3) is 3.17. The second-order valence-electron chi connectivity index (χ2n) is 3.79. The van der Waals surface area contributed by atoms with E-state index in [1.165, 1.54) is 13.3 Å². The number of nitrogens with zero attached hydrogens (tertiary/aromatic N) is 1. The Bertz CT molecular complexity index is 426. The van der Waals surface area contributed by atoms with Gasteiger partial charge < -0.3 is 15.4 Å². The zero-order chi connectivity index (χ0) is 12.3. The maximum atomic E-state index is 11.4. The molecule has 0 unspecified atom stereocenters. The Hall–Kier alpha value is -2.11. The third-order valence-corrected chi connectivity index (χ3v) is 2.32. The van der Waals surface area contributed by atoms with Crippen LogP contribution in [0.5, 0.6) is 5.88 Å². The summed E-state index contributed by atoms with van der Waals surface area (Å²) in [5.41, 5.74) is 0.460. The molecule has 2 amide bonds. The third-order valence-electron chi connectivity index (χ3n) is 2.32. The van der Waals surface area contributed by atoms with Crippen LogP contribution in [0.4, 0.5) is 5.69 Å². The van der Waals surface area contributed by atoms with Gasteiger partial charge in [0.15, 0.2) is 0 Å². The SMILES string of the molecule is COc1ccc(NC(=O)C(=O)NC2CC2)cn1. The molecule has 2 N–H and O–H groups in total. The summed E-state index contributed by atoms with van der Waals surface area (Å²) in [6.45, 7) is 0. The second-order valence-corrected chi connectivity index (χ2v) is 3.79. The largest absolute Gasteiger partial charge is 0.481 e. The molecule has 1 aliphatic rings. The number of rotatable bonds is 3. The van der Waals surface area contributed by atoms with E-state index in [1.807, 2.05) is 0 Å². The molecule has 0 aromatic carbocycles. The fourth-order valence-electron chi connectivity index (χ4n) is 1.24. The van der Waals surface area contributed by atoms with Gasteiger partial charge in [-0.15, -0.1) is 0 Å². The molecule has 1 aromatic rings. The van der Waals surface area contributed by atoms with Crippen LogP contribution in [0.2, 0.25) is 0 Å². The van der Waals surface area contributed by atoms with Crippen molar-refractivity contribution in [3.05, 3.63) is 18.3 Å². The monoisotopic (exact) mass is 235 g/mol. The zero-order valence-corrected chi connectivity index (χ0v) is 9.40. The number of hydrogen-bond acceptors (Lipinski definition) is 4. The minimum atomic E-state index is -0.677. The maximum absolute atomic E-state index is 11.4. The van der Waals surface area contributed by atoms with E-state index in [2.05, 4.69) is 15.6 Å². The van der Waals surface area contributed by atoms with Crippen molar-refractivity contribution in [1.29, 1.82) is 0 Å². The summed E-state index contributed by atoms with van der Waals surface area (Å²) in [7, 11) is 1.50. The lowest BCUT2D eigenvalue weighted by Gasteiger charge is -2.05. The highest BCUT2D eigenvalue weighted by atomic mass is 16.5. The first kappa shape index (κ1) is 11.4. The standard InChI is InChI=1S/C11H13N3O3/c1-17-9-5-4-8(6-12-9)14-11(16)10(15)13-7-2-3-7/h4-7H,2-3H2,1H3,(H,13,15)(H,14,16). The van der Waals surface area contributed by atoms with Crippen molar-refractivity contribution in [2.24, 2.45) is 0 Å². The number of methoxy groups -OCH3 is 1. The van der Waals surface area contributed by atoms with E-state index in [1.54, 1.807) is 12.1 Å². The van der Waals surface area contributed by atoms with E-state index >= 15 is 0 Å². The summed E-state index contributed by atoms with van der Waals surface area (Å²) >= 11 is 0. The molecule has 90 valence electrons. The normalized spacial score (nSPS) is 13.9. The molecule has 0 aliphatic heterocycles. The predicted molar refractivity (Wildman–Crippen MR) is 60.6 cm³/mol. The molecule has 0 radical (unpaired) electrons. The van der Waals surface area contributed by atoms with Crippen molar-refractivity contribution in [1.82, 2.24) is 10.3 Å². The minimum Gasteiger partial charge on any atom is -0.481 e. The molecule has 17 heavy (non-hydrogen) atoms. The average Bonchev–Trinajstić information content (AvgIpc) is 3.14. The van der Waals surface area contributed by atoms with Gasteiger partial charge in [-0.25, -0.2) is 4.98 Å². The summed E-state index contributed by atoms with van der Waals surface area (Å²) < 4.78 is 4.88. The Morgan fingerprint density at radius 2 is 2.12 bits per heavy atom. The summed E-state index contributed by atoms with van der Waals surface area (Å²) in [6, 6.07) is 3.39. The Morgan fingerprint density at radius 1 is 1.35 bits per heavy atom. The number of aromatic nitrogens is 1. The number of nitrogens with one attached hydrogen (secondary N) is 2. The zero-order valence-electron chi connectivity index (χ0n) is 9.40. The fourth-order valence-corrected chi connectivity index (χ4v) is 1.24. The van der Waals surface area contributed by atoms with Crippen LogP contribution in [0.1, 0.15) is 12.8 Å². The van der Waals surface area contributed by atoms with E-state index in [0.29, 0.717) is 11.6 Å². The van der Waals surface area contributed by atoms with Crippen LogP contribution in [0.3, 0.4) is 0 Å². The molecule has 6 heteroatoms. The highest BCUT2D eigenvalue weighted by Gasteiger charge is 2.26. The quantitative estimate of drug-likeness (QED) is 0.739. The van der Waals surface area contributed by atoms with Crippen molar-refractivity contribution >= 4 is 17.5 Å². The van der Waals surface area contributed by atoms with Crippen molar-refractivity contribution in [3.63, 3.8) is 0 Å². The van der Waals surface area contributed by atoms with Gasteiger partial charge in [0.05, 0.1) is 19.0 Å². The van der Waals surface area contributed by atoms with Crippen LogP contribution in [0, 0.1) is 0 Å². The first-order valence-electron chi connectivity index (χ1n) is 5.31. The van der Waals surface area contributed by atoms with Gasteiger partial charge >= 0.3 is 11.8 Å². The Labute approximate surface area is 98.4 Å². The number of hydrogen-bond donors (Lipinski definition) is 2. The molecule has 1 aliphatic carbocycles. The smallest absolute Gasteiger partial charge is 0.313 e. The molecular weight excluding hydrogens is 222 g/mol. The topological polar surface area (TPSA) is 80.3 Å². The second kappa shape index (κ2) is 4.82. The Balaban J connectivity index is 1.89. The van der Waals surface area contributed by atoms with Gasteiger partial charge in [-0.2, -0.15) is 0 Å². The number of carbonyl (C=O) groups excluding carboxylic acids is 2. The van der Waals surface area contributed by atoms with Crippen LogP contribution < -0.4 is 15.4 Å². The first-order chi connectivity index (χ1) is 8.19. The van der Waals surface area contributed by atoms with Gasteiger partial charge in [0.25, 0.3) is 0 Å². The molecule has 0 spiro atoms. The molecule has 2 rings (SSSR count). The summed E-state index contributed by atoms with van der Waals surface area (Å²) in [6.07, 6.45) is 3.33. The highest BCUT2D eigenvalue weighted by molar-refractivity contribution is 6.39. The van der Waals surface area contributed by atoms with Gasteiger partial charge in [-0.3, -0.25) is 9.59 Å². The van der Waals surface area contributed by atoms with E-state index in [-0.39, 0.29) is 6.04 Å². The van der Waals surface area contributed by atoms with Gasteiger partial charge in [0, 0.05) is 12.1 Å². The molecule has 1 heterocycles. The molecule has 1 aromatic heterocycles. The molecule has 1 fully saturated rings. The number of ether oxygens (including phenoxy) is 1. The minimum absolute atomic E-state index is 0.169. The summed E-state index contributed by atoms with van der Waals surface area (Å²) in [5, 5.41) is 5.06. The Kier molecular flexibility index (Phi) is 3.22. The first-order valence-corrected chi connectivity index (χ1v) is 5.31. The van der Waals surface area contributed by atoms with Crippen molar-refractivity contribution in [3.8, 4) is 5.88 Å². The van der Waals surface area contributed by atoms with Crippen LogP contribution in [0.15, 0.2) is 18.3 Å². The molecular formula is C11H13N3O3. The highest BCUT2D eigenvalue weighted by Crippen LogP contribution is 2.18. The molecule has 1 saturated carbocycles. The maximum Gasteiger partial charge on any atom is 0.313 e. The average molecular weight is 235 g/mol. The Morgan fingerprint density at radius 3 is 2.65 bits per heavy atom. The van der Waals surface area contributed by atoms with Crippen LogP contribution >= 0.6 is 0 Å². The number of pyridine rings is 1. The summed E-state index contributed by atoms with van der Waals surface area (Å²) in [4.78, 5) is 26.7. The number of amides is 2. The van der Waals surface area contributed by atoms with Gasteiger partial charge in [0.2, 0.25) is 5.88 Å². The van der Waals surface area contributed by atoms with Gasteiger partial charge in [0.1, 0.15) is 0 Å². The fraction of sp³-hybridized carbons (Fsp3) is 0.364. The lowest BCUT2D eigenvalue weighted by atomic mass is 10.4. The van der Waals surface area contributed by atoms with Crippen LogP contribution in [-0.4, -0.2) is 29.9 Å².